The van der Waals surface area contributed by atoms with Gasteiger partial charge in [-0.15, -0.1) is 0 Å². The summed E-state index contributed by atoms with van der Waals surface area (Å²) in [6, 6.07) is 10.5. The Morgan fingerprint density at radius 1 is 1.03 bits per heavy atom. The molecule has 2 aromatic heterocycles. The minimum atomic E-state index is -3.41. The third kappa shape index (κ3) is 4.26. The highest BCUT2D eigenvalue weighted by atomic mass is 32.2. The zero-order chi connectivity index (χ0) is 25.7. The summed E-state index contributed by atoms with van der Waals surface area (Å²) in [5, 5.41) is 4.40. The predicted octanol–water partition coefficient (Wildman–Crippen LogP) is 2.50. The maximum Gasteiger partial charge on any atom is 0.267 e. The van der Waals surface area contributed by atoms with Gasteiger partial charge in [-0.3, -0.25) is 14.3 Å². The molecule has 0 spiro atoms. The number of halogens is 1. The van der Waals surface area contributed by atoms with Gasteiger partial charge in [-0.05, 0) is 43.7 Å². The molecule has 0 aliphatic heterocycles. The van der Waals surface area contributed by atoms with Crippen molar-refractivity contribution in [3.8, 4) is 11.1 Å². The number of benzene rings is 2. The number of fused-ring (bicyclic) bond motifs is 1. The molecule has 0 radical (unpaired) electrons. The van der Waals surface area contributed by atoms with Gasteiger partial charge in [-0.1, -0.05) is 18.2 Å². The lowest BCUT2D eigenvalue weighted by molar-refractivity contribution is 0.0996. The molecule has 2 amide bonds. The van der Waals surface area contributed by atoms with Crippen LogP contribution in [0.5, 0.6) is 0 Å². The number of primary amides is 2. The number of amides is 2. The number of pyridine rings is 1. The summed E-state index contributed by atoms with van der Waals surface area (Å²) in [5.41, 5.74) is 12.9. The van der Waals surface area contributed by atoms with Crippen molar-refractivity contribution in [3.05, 3.63) is 76.5 Å². The average molecular weight is 496 g/mol. The first kappa shape index (κ1) is 24.0. The molecule has 0 saturated carbocycles. The molecule has 4 rings (SSSR count). The van der Waals surface area contributed by atoms with E-state index in [-0.39, 0.29) is 39.2 Å². The zero-order valence-electron chi connectivity index (χ0n) is 19.2. The van der Waals surface area contributed by atoms with Crippen LogP contribution in [-0.2, 0) is 16.4 Å². The van der Waals surface area contributed by atoms with Crippen LogP contribution in [0.2, 0.25) is 0 Å². The lowest BCUT2D eigenvalue weighted by Crippen LogP contribution is -2.21. The molecule has 0 aliphatic carbocycles. The van der Waals surface area contributed by atoms with Crippen molar-refractivity contribution < 1.29 is 22.4 Å². The van der Waals surface area contributed by atoms with Crippen LogP contribution in [0.3, 0.4) is 0 Å². The summed E-state index contributed by atoms with van der Waals surface area (Å²) in [7, 11) is -3.41. The smallest absolute Gasteiger partial charge is 0.267 e. The molecular weight excluding hydrogens is 473 g/mol. The standard InChI is InChI=1S/C24H22FN5O4S/c1-12-18(13(2)30(29-12)11-14-6-4-7-15(10-14)35(3,33)34)20-21(23(26)31)19-16(25)8-5-9-17(19)28-22(20)24(27)32/h4-10H,11H2,1-3H3,(H2,26,31)(H2,27,32). The molecule has 0 fully saturated rings. The SMILES string of the molecule is Cc1nn(Cc2cccc(S(C)(=O)=O)c2)c(C)c1-c1c(C(N)=O)nc2cccc(F)c2c1C(N)=O. The first-order chi connectivity index (χ1) is 16.4. The molecule has 0 saturated heterocycles. The van der Waals surface area contributed by atoms with E-state index in [1.165, 1.54) is 24.3 Å². The van der Waals surface area contributed by atoms with Gasteiger partial charge in [0.05, 0.1) is 28.2 Å². The van der Waals surface area contributed by atoms with E-state index in [0.29, 0.717) is 22.5 Å². The number of carbonyl (C=O) groups excluding carboxylic acids is 2. The van der Waals surface area contributed by atoms with E-state index in [0.717, 1.165) is 6.26 Å². The van der Waals surface area contributed by atoms with Crippen molar-refractivity contribution in [2.75, 3.05) is 6.26 Å². The molecule has 9 nitrogen and oxygen atoms in total. The molecule has 35 heavy (non-hydrogen) atoms. The van der Waals surface area contributed by atoms with Crippen LogP contribution < -0.4 is 11.5 Å². The molecule has 0 atom stereocenters. The largest absolute Gasteiger partial charge is 0.366 e. The van der Waals surface area contributed by atoms with Gasteiger partial charge < -0.3 is 11.5 Å². The van der Waals surface area contributed by atoms with Crippen LogP contribution in [0.4, 0.5) is 4.39 Å². The van der Waals surface area contributed by atoms with E-state index in [2.05, 4.69) is 10.1 Å². The number of nitrogens with zero attached hydrogens (tertiary/aromatic N) is 3. The van der Waals surface area contributed by atoms with E-state index >= 15 is 0 Å². The Morgan fingerprint density at radius 3 is 2.34 bits per heavy atom. The van der Waals surface area contributed by atoms with Gasteiger partial charge in [0.1, 0.15) is 11.5 Å². The van der Waals surface area contributed by atoms with E-state index in [1.807, 2.05) is 0 Å². The van der Waals surface area contributed by atoms with Crippen LogP contribution in [-0.4, -0.2) is 41.3 Å². The van der Waals surface area contributed by atoms with Crippen LogP contribution in [0.1, 0.15) is 37.8 Å². The second-order valence-electron chi connectivity index (χ2n) is 8.20. The van der Waals surface area contributed by atoms with Crippen LogP contribution >= 0.6 is 0 Å². The maximum absolute atomic E-state index is 14.8. The number of aryl methyl sites for hydroxylation is 1. The van der Waals surface area contributed by atoms with Gasteiger partial charge in [-0.2, -0.15) is 5.10 Å². The summed E-state index contributed by atoms with van der Waals surface area (Å²) in [6.45, 7) is 3.56. The number of rotatable bonds is 6. The van der Waals surface area contributed by atoms with Gasteiger partial charge in [0.15, 0.2) is 9.84 Å². The Bertz CT molecular complexity index is 1640. The fourth-order valence-electron chi connectivity index (χ4n) is 4.20. The van der Waals surface area contributed by atoms with E-state index < -0.39 is 27.5 Å². The summed E-state index contributed by atoms with van der Waals surface area (Å²) in [4.78, 5) is 29.4. The third-order valence-corrected chi connectivity index (χ3v) is 6.84. The summed E-state index contributed by atoms with van der Waals surface area (Å²) in [6.07, 6.45) is 1.12. The highest BCUT2D eigenvalue weighted by Gasteiger charge is 2.28. The lowest BCUT2D eigenvalue weighted by Gasteiger charge is -2.15. The van der Waals surface area contributed by atoms with Gasteiger partial charge in [0.25, 0.3) is 5.91 Å². The summed E-state index contributed by atoms with van der Waals surface area (Å²) < 4.78 is 40.3. The highest BCUT2D eigenvalue weighted by molar-refractivity contribution is 7.90. The minimum absolute atomic E-state index is 0.00809. The second-order valence-corrected chi connectivity index (χ2v) is 10.2. The van der Waals surface area contributed by atoms with Crippen molar-refractivity contribution in [3.63, 3.8) is 0 Å². The van der Waals surface area contributed by atoms with Crippen LogP contribution in [0, 0.1) is 19.7 Å². The molecule has 11 heteroatoms. The molecule has 0 aliphatic rings. The van der Waals surface area contributed by atoms with Crippen LogP contribution in [0.25, 0.3) is 22.0 Å². The molecule has 0 unspecified atom stereocenters. The summed E-state index contributed by atoms with van der Waals surface area (Å²) >= 11 is 0. The van der Waals surface area contributed by atoms with Gasteiger partial charge in [0, 0.05) is 28.5 Å². The average Bonchev–Trinajstić information content (AvgIpc) is 3.04. The van der Waals surface area contributed by atoms with Crippen molar-refractivity contribution in [1.29, 1.82) is 0 Å². The number of hydrogen-bond donors (Lipinski definition) is 2. The number of hydrogen-bond acceptors (Lipinski definition) is 6. The molecule has 2 heterocycles. The summed E-state index contributed by atoms with van der Waals surface area (Å²) in [5.74, 6) is -2.59. The molecule has 180 valence electrons. The first-order valence-corrected chi connectivity index (χ1v) is 12.3. The maximum atomic E-state index is 14.8. The molecular formula is C24H22FN5O4S. The Kier molecular flexibility index (Phi) is 5.89. The molecule has 4 aromatic rings. The van der Waals surface area contributed by atoms with Gasteiger partial charge >= 0.3 is 0 Å². The molecule has 0 bridgehead atoms. The Hall–Kier alpha value is -4.12. The molecule has 2 aromatic carbocycles. The van der Waals surface area contributed by atoms with Crippen molar-refractivity contribution >= 4 is 32.6 Å². The zero-order valence-corrected chi connectivity index (χ0v) is 20.0. The topological polar surface area (TPSA) is 151 Å². The predicted molar refractivity (Wildman–Crippen MR) is 128 cm³/mol. The number of carbonyl (C=O) groups is 2. The Labute approximate surface area is 200 Å². The van der Waals surface area contributed by atoms with E-state index in [9.17, 15) is 22.4 Å². The lowest BCUT2D eigenvalue weighted by atomic mass is 9.92. The van der Waals surface area contributed by atoms with Gasteiger partial charge in [0.2, 0.25) is 5.91 Å². The number of aromatic nitrogens is 3. The fraction of sp³-hybridized carbons (Fsp3) is 0.167. The monoisotopic (exact) mass is 495 g/mol. The quantitative estimate of drug-likeness (QED) is 0.419. The van der Waals surface area contributed by atoms with Crippen molar-refractivity contribution in [1.82, 2.24) is 14.8 Å². The van der Waals surface area contributed by atoms with Gasteiger partial charge in [-0.25, -0.2) is 17.8 Å². The third-order valence-electron chi connectivity index (χ3n) is 5.73. The highest BCUT2D eigenvalue weighted by Crippen LogP contribution is 2.37. The van der Waals surface area contributed by atoms with Crippen molar-refractivity contribution in [2.45, 2.75) is 25.3 Å². The van der Waals surface area contributed by atoms with Crippen molar-refractivity contribution in [2.24, 2.45) is 11.5 Å². The van der Waals surface area contributed by atoms with Crippen LogP contribution in [0.15, 0.2) is 47.4 Å². The minimum Gasteiger partial charge on any atom is -0.366 e. The first-order valence-electron chi connectivity index (χ1n) is 10.4. The Morgan fingerprint density at radius 2 is 1.71 bits per heavy atom. The fourth-order valence-corrected chi connectivity index (χ4v) is 4.89. The Balaban J connectivity index is 1.98. The number of sulfone groups is 1. The number of nitrogens with two attached hydrogens (primary N) is 2. The second kappa shape index (κ2) is 8.58. The van der Waals surface area contributed by atoms with E-state index in [4.69, 9.17) is 11.5 Å². The normalized spacial score (nSPS) is 11.7. The van der Waals surface area contributed by atoms with E-state index in [1.54, 1.807) is 36.7 Å². The molecule has 4 N–H and O–H groups in total.